The third-order valence-electron chi connectivity index (χ3n) is 5.26. The first-order valence-corrected chi connectivity index (χ1v) is 10.4. The number of carbonyl (C=O) groups excluding carboxylic acids is 3. The number of piperidine rings is 1. The van der Waals surface area contributed by atoms with E-state index in [0.29, 0.717) is 24.3 Å². The highest BCUT2D eigenvalue weighted by Gasteiger charge is 2.26. The summed E-state index contributed by atoms with van der Waals surface area (Å²) in [6, 6.07) is 13.2. The first kappa shape index (κ1) is 22.4. The number of hydrogen-bond donors (Lipinski definition) is 3. The highest BCUT2D eigenvalue weighted by atomic mass is 19.1. The molecule has 1 atom stereocenters. The van der Waals surface area contributed by atoms with Crippen LogP contribution in [0.5, 0.6) is 0 Å². The van der Waals surface area contributed by atoms with Crippen LogP contribution in [0.2, 0.25) is 0 Å². The molecule has 3 amide bonds. The van der Waals surface area contributed by atoms with E-state index in [-0.39, 0.29) is 36.5 Å². The Kier molecular flexibility index (Phi) is 7.72. The molecule has 2 aromatic carbocycles. The van der Waals surface area contributed by atoms with Crippen LogP contribution < -0.4 is 16.4 Å². The lowest BCUT2D eigenvalue weighted by molar-refractivity contribution is -0.121. The van der Waals surface area contributed by atoms with E-state index in [9.17, 15) is 18.8 Å². The Morgan fingerprint density at radius 3 is 2.71 bits per heavy atom. The minimum atomic E-state index is -0.498. The second-order valence-electron chi connectivity index (χ2n) is 7.71. The van der Waals surface area contributed by atoms with Gasteiger partial charge in [-0.2, -0.15) is 0 Å². The monoisotopic (exact) mass is 426 g/mol. The molecule has 0 spiro atoms. The topological polar surface area (TPSA) is 105 Å². The minimum Gasteiger partial charge on any atom is -0.370 e. The van der Waals surface area contributed by atoms with Crippen LogP contribution in [0.1, 0.15) is 35.2 Å². The van der Waals surface area contributed by atoms with Gasteiger partial charge in [0, 0.05) is 26.1 Å². The average molecular weight is 426 g/mol. The fraction of sp³-hybridized carbons (Fsp3) is 0.348. The summed E-state index contributed by atoms with van der Waals surface area (Å²) in [4.78, 5) is 38.3. The van der Waals surface area contributed by atoms with E-state index in [2.05, 4.69) is 15.5 Å². The van der Waals surface area contributed by atoms with Gasteiger partial charge in [0.2, 0.25) is 11.8 Å². The second-order valence-corrected chi connectivity index (χ2v) is 7.71. The predicted molar refractivity (Wildman–Crippen MR) is 116 cm³/mol. The van der Waals surface area contributed by atoms with Crippen LogP contribution in [0.15, 0.2) is 48.5 Å². The van der Waals surface area contributed by atoms with Gasteiger partial charge in [-0.25, -0.2) is 4.39 Å². The first-order chi connectivity index (χ1) is 14.9. The number of nitrogens with two attached hydrogens (primary N) is 1. The Hall–Kier alpha value is -3.26. The van der Waals surface area contributed by atoms with Crippen LogP contribution >= 0.6 is 0 Å². The zero-order valence-corrected chi connectivity index (χ0v) is 17.3. The Morgan fingerprint density at radius 1 is 1.13 bits per heavy atom. The molecule has 1 fully saturated rings. The van der Waals surface area contributed by atoms with Crippen molar-refractivity contribution in [2.45, 2.75) is 25.8 Å². The summed E-state index contributed by atoms with van der Waals surface area (Å²) in [6.07, 6.45) is 1.66. The summed E-state index contributed by atoms with van der Waals surface area (Å²) in [5.74, 6) is -1.53. The summed E-state index contributed by atoms with van der Waals surface area (Å²) >= 11 is 0. The third kappa shape index (κ3) is 6.62. The van der Waals surface area contributed by atoms with Gasteiger partial charge < -0.3 is 16.4 Å². The van der Waals surface area contributed by atoms with Gasteiger partial charge in [-0.05, 0) is 49.2 Å². The molecular weight excluding hydrogens is 399 g/mol. The number of rotatable bonds is 8. The maximum Gasteiger partial charge on any atom is 0.253 e. The zero-order chi connectivity index (χ0) is 22.2. The molecule has 164 valence electrons. The molecule has 1 saturated heterocycles. The molecular formula is C23H27FN4O3. The highest BCUT2D eigenvalue weighted by molar-refractivity contribution is 6.04. The Morgan fingerprint density at radius 2 is 1.94 bits per heavy atom. The van der Waals surface area contributed by atoms with Gasteiger partial charge in [0.1, 0.15) is 5.82 Å². The number of benzene rings is 2. The third-order valence-corrected chi connectivity index (χ3v) is 5.26. The van der Waals surface area contributed by atoms with Crippen molar-refractivity contribution in [2.24, 2.45) is 11.7 Å². The molecule has 7 nitrogen and oxygen atoms in total. The normalized spacial score (nSPS) is 16.5. The maximum atomic E-state index is 13.5. The maximum absolute atomic E-state index is 13.5. The van der Waals surface area contributed by atoms with E-state index >= 15 is 0 Å². The number of anilines is 1. The number of para-hydroxylation sites is 1. The van der Waals surface area contributed by atoms with Crippen molar-refractivity contribution in [3.63, 3.8) is 0 Å². The van der Waals surface area contributed by atoms with Gasteiger partial charge in [-0.3, -0.25) is 19.3 Å². The highest BCUT2D eigenvalue weighted by Crippen LogP contribution is 2.22. The molecule has 0 aromatic heterocycles. The first-order valence-electron chi connectivity index (χ1n) is 10.4. The number of nitrogens with one attached hydrogen (secondary N) is 2. The largest absolute Gasteiger partial charge is 0.370 e. The zero-order valence-electron chi connectivity index (χ0n) is 17.3. The molecule has 1 heterocycles. The standard InChI is InChI=1S/C23H27FN4O3/c24-18-7-3-5-16(13-18)14-28-12-4-6-17(15-28)22(30)27-20-9-2-1-8-19(20)23(31)26-11-10-21(25)29/h1-3,5,7-9,13,17H,4,6,10-12,14-15H2,(H2,25,29)(H,26,31)(H,27,30). The van der Waals surface area contributed by atoms with E-state index in [1.165, 1.54) is 12.1 Å². The van der Waals surface area contributed by atoms with E-state index in [4.69, 9.17) is 5.73 Å². The van der Waals surface area contributed by atoms with Crippen molar-refractivity contribution < 1.29 is 18.8 Å². The minimum absolute atomic E-state index is 0.0451. The lowest BCUT2D eigenvalue weighted by atomic mass is 9.96. The van der Waals surface area contributed by atoms with Crippen LogP contribution in [-0.2, 0) is 16.1 Å². The van der Waals surface area contributed by atoms with E-state index < -0.39 is 5.91 Å². The molecule has 0 saturated carbocycles. The van der Waals surface area contributed by atoms with Crippen LogP contribution in [0.4, 0.5) is 10.1 Å². The van der Waals surface area contributed by atoms with Crippen LogP contribution in [0.3, 0.4) is 0 Å². The molecule has 0 radical (unpaired) electrons. The Balaban J connectivity index is 1.60. The molecule has 0 aliphatic carbocycles. The molecule has 4 N–H and O–H groups in total. The summed E-state index contributed by atoms with van der Waals surface area (Å²) in [5.41, 5.74) is 6.72. The fourth-order valence-corrected chi connectivity index (χ4v) is 3.73. The van der Waals surface area contributed by atoms with E-state index in [1.807, 2.05) is 6.07 Å². The number of likely N-dealkylation sites (tertiary alicyclic amines) is 1. The van der Waals surface area contributed by atoms with E-state index in [1.54, 1.807) is 30.3 Å². The van der Waals surface area contributed by atoms with Gasteiger partial charge in [-0.15, -0.1) is 0 Å². The van der Waals surface area contributed by atoms with Gasteiger partial charge in [0.05, 0.1) is 17.2 Å². The van der Waals surface area contributed by atoms with Crippen molar-refractivity contribution >= 4 is 23.4 Å². The molecule has 8 heteroatoms. The smallest absolute Gasteiger partial charge is 0.253 e. The molecule has 1 unspecified atom stereocenters. The van der Waals surface area contributed by atoms with Crippen molar-refractivity contribution in [2.75, 3.05) is 25.0 Å². The van der Waals surface area contributed by atoms with Crippen LogP contribution in [0.25, 0.3) is 0 Å². The molecule has 3 rings (SSSR count). The van der Waals surface area contributed by atoms with Crippen LogP contribution in [0, 0.1) is 11.7 Å². The summed E-state index contributed by atoms with van der Waals surface area (Å²) in [7, 11) is 0. The van der Waals surface area contributed by atoms with Crippen molar-refractivity contribution in [1.29, 1.82) is 0 Å². The van der Waals surface area contributed by atoms with Gasteiger partial charge >= 0.3 is 0 Å². The van der Waals surface area contributed by atoms with Crippen molar-refractivity contribution in [3.8, 4) is 0 Å². The lowest BCUT2D eigenvalue weighted by Gasteiger charge is -2.32. The Labute approximate surface area is 180 Å². The number of primary amides is 1. The van der Waals surface area contributed by atoms with Crippen molar-refractivity contribution in [1.82, 2.24) is 10.2 Å². The number of nitrogens with zero attached hydrogens (tertiary/aromatic N) is 1. The molecule has 31 heavy (non-hydrogen) atoms. The quantitative estimate of drug-likeness (QED) is 0.602. The lowest BCUT2D eigenvalue weighted by Crippen LogP contribution is -2.40. The van der Waals surface area contributed by atoms with E-state index in [0.717, 1.165) is 24.9 Å². The molecule has 2 aromatic rings. The van der Waals surface area contributed by atoms with Crippen molar-refractivity contribution in [3.05, 3.63) is 65.5 Å². The van der Waals surface area contributed by atoms with Gasteiger partial charge in [0.25, 0.3) is 5.91 Å². The number of halogens is 1. The molecule has 1 aliphatic heterocycles. The Bertz CT molecular complexity index is 950. The summed E-state index contributed by atoms with van der Waals surface area (Å²) in [6.45, 7) is 2.13. The van der Waals surface area contributed by atoms with Crippen LogP contribution in [-0.4, -0.2) is 42.3 Å². The number of carbonyl (C=O) groups is 3. The fourth-order valence-electron chi connectivity index (χ4n) is 3.73. The predicted octanol–water partition coefficient (Wildman–Crippen LogP) is 2.28. The van der Waals surface area contributed by atoms with Gasteiger partial charge in [0.15, 0.2) is 0 Å². The SMILES string of the molecule is NC(=O)CCNC(=O)c1ccccc1NC(=O)C1CCCN(Cc2cccc(F)c2)C1. The second kappa shape index (κ2) is 10.7. The summed E-state index contributed by atoms with van der Waals surface area (Å²) < 4.78 is 13.5. The molecule has 1 aliphatic rings. The number of hydrogen-bond acceptors (Lipinski definition) is 4. The summed E-state index contributed by atoms with van der Waals surface area (Å²) in [5, 5.41) is 5.51. The average Bonchev–Trinajstić information content (AvgIpc) is 2.74. The molecule has 0 bridgehead atoms. The van der Waals surface area contributed by atoms with Gasteiger partial charge in [-0.1, -0.05) is 24.3 Å². The number of amides is 3.